The second-order valence-electron chi connectivity index (χ2n) is 12.8. The van der Waals surface area contributed by atoms with Gasteiger partial charge in [0.25, 0.3) is 0 Å². The predicted octanol–water partition coefficient (Wildman–Crippen LogP) is 8.50. The maximum atomic E-state index is 12.7. The number of aromatic amines is 1. The van der Waals surface area contributed by atoms with Crippen LogP contribution in [0.3, 0.4) is 0 Å². The van der Waals surface area contributed by atoms with Crippen LogP contribution in [0.1, 0.15) is 46.5 Å². The summed E-state index contributed by atoms with van der Waals surface area (Å²) in [6.07, 6.45) is 7.04. The summed E-state index contributed by atoms with van der Waals surface area (Å²) in [6.45, 7) is 0. The number of aliphatic hydroxyl groups excluding tert-OH is 1. The molecule has 1 atom stereocenters. The third kappa shape index (κ3) is 4.97. The summed E-state index contributed by atoms with van der Waals surface area (Å²) >= 11 is 0. The monoisotopic (exact) mass is 650 g/mol. The molecule has 4 aromatic carbocycles. The smallest absolute Gasteiger partial charge is 0.223 e. The summed E-state index contributed by atoms with van der Waals surface area (Å²) in [5.74, 6) is -0.184. The number of allylic oxidation sites excluding steroid dienone is 6. The minimum absolute atomic E-state index is 0.184. The number of fused-ring (bicyclic) bond motifs is 7. The summed E-state index contributed by atoms with van der Waals surface area (Å²) in [6, 6.07) is 44.7. The molecule has 0 spiro atoms. The molecule has 0 amide bonds. The third-order valence-electron chi connectivity index (χ3n) is 9.76. The first-order valence-corrected chi connectivity index (χ1v) is 16.9. The SMILES string of the molecule is OC1=C/C2=C(\c3ccccc3)C3=N/C(=C(/c4ccccc4)c4ccc([nH]4)/C(c4ccccc4)=C4/CC/C(=C(\c5ccccc5)C1(O)N2)N4)C=C3. The average Bonchev–Trinajstić information content (AvgIpc) is 3.97. The fraction of sp³-hybridized carbons (Fsp3) is 0.0682. The van der Waals surface area contributed by atoms with Crippen molar-refractivity contribution in [2.24, 2.45) is 4.99 Å². The van der Waals surface area contributed by atoms with Gasteiger partial charge in [0, 0.05) is 51.2 Å². The molecule has 4 aliphatic rings. The Morgan fingerprint density at radius 3 is 1.70 bits per heavy atom. The van der Waals surface area contributed by atoms with E-state index < -0.39 is 5.72 Å². The molecule has 6 nitrogen and oxygen atoms in total. The molecule has 5 N–H and O–H groups in total. The van der Waals surface area contributed by atoms with E-state index in [9.17, 15) is 10.2 Å². The normalized spacial score (nSPS) is 25.6. The van der Waals surface area contributed by atoms with Crippen molar-refractivity contribution >= 4 is 28.0 Å². The van der Waals surface area contributed by atoms with Crippen LogP contribution in [0.15, 0.2) is 185 Å². The molecule has 6 heteroatoms. The Labute approximate surface area is 290 Å². The highest BCUT2D eigenvalue weighted by atomic mass is 16.4. The van der Waals surface area contributed by atoms with Crippen LogP contribution in [0.4, 0.5) is 0 Å². The molecule has 50 heavy (non-hydrogen) atoms. The van der Waals surface area contributed by atoms with Crippen molar-refractivity contribution in [3.05, 3.63) is 214 Å². The molecular formula is C44H34N4O2. The molecule has 1 saturated heterocycles. The number of nitrogens with one attached hydrogen (secondary N) is 3. The van der Waals surface area contributed by atoms with Crippen molar-refractivity contribution in [2.75, 3.05) is 0 Å². The second kappa shape index (κ2) is 11.9. The zero-order valence-electron chi connectivity index (χ0n) is 27.2. The Bertz CT molecular complexity index is 2360. The summed E-state index contributed by atoms with van der Waals surface area (Å²) < 4.78 is 0. The van der Waals surface area contributed by atoms with Gasteiger partial charge in [0.2, 0.25) is 5.72 Å². The molecule has 5 aromatic rings. The molecule has 8 bridgehead atoms. The number of hydrogen-bond acceptors (Lipinski definition) is 5. The van der Waals surface area contributed by atoms with Crippen molar-refractivity contribution in [1.82, 2.24) is 15.6 Å². The summed E-state index contributed by atoms with van der Waals surface area (Å²) in [4.78, 5) is 9.05. The topological polar surface area (TPSA) is 92.7 Å². The molecule has 0 radical (unpaired) electrons. The van der Waals surface area contributed by atoms with Crippen molar-refractivity contribution in [1.29, 1.82) is 0 Å². The Hall–Kier alpha value is -6.37. The first kappa shape index (κ1) is 29.7. The fourth-order valence-electron chi connectivity index (χ4n) is 7.52. The van der Waals surface area contributed by atoms with Gasteiger partial charge in [-0.1, -0.05) is 121 Å². The molecule has 5 heterocycles. The highest BCUT2D eigenvalue weighted by Gasteiger charge is 2.45. The molecule has 242 valence electrons. The largest absolute Gasteiger partial charge is 0.507 e. The van der Waals surface area contributed by atoms with Crippen LogP contribution in [-0.4, -0.2) is 26.6 Å². The van der Waals surface area contributed by atoms with Crippen LogP contribution >= 0.6 is 0 Å². The Morgan fingerprint density at radius 1 is 0.560 bits per heavy atom. The first-order valence-electron chi connectivity index (χ1n) is 16.9. The van der Waals surface area contributed by atoms with Gasteiger partial charge in [0.15, 0.2) is 5.76 Å². The maximum absolute atomic E-state index is 12.7. The van der Waals surface area contributed by atoms with E-state index in [0.717, 1.165) is 73.2 Å². The van der Waals surface area contributed by atoms with Gasteiger partial charge in [-0.2, -0.15) is 0 Å². The van der Waals surface area contributed by atoms with Crippen LogP contribution in [0.2, 0.25) is 0 Å². The van der Waals surface area contributed by atoms with E-state index >= 15 is 0 Å². The van der Waals surface area contributed by atoms with Gasteiger partial charge >= 0.3 is 0 Å². The average molecular weight is 651 g/mol. The van der Waals surface area contributed by atoms with Crippen molar-refractivity contribution in [3.8, 4) is 0 Å². The molecule has 1 fully saturated rings. The molecule has 0 aliphatic carbocycles. The van der Waals surface area contributed by atoms with Gasteiger partial charge in [-0.15, -0.1) is 0 Å². The number of aliphatic imine (C=N–C) groups is 1. The van der Waals surface area contributed by atoms with E-state index in [1.807, 2.05) is 97.1 Å². The maximum Gasteiger partial charge on any atom is 0.223 e. The molecule has 9 rings (SSSR count). The first-order chi connectivity index (χ1) is 24.6. The highest BCUT2D eigenvalue weighted by molar-refractivity contribution is 6.32. The Morgan fingerprint density at radius 2 is 1.08 bits per heavy atom. The van der Waals surface area contributed by atoms with E-state index in [4.69, 9.17) is 4.99 Å². The van der Waals surface area contributed by atoms with E-state index in [2.05, 4.69) is 64.1 Å². The molecule has 4 aliphatic heterocycles. The van der Waals surface area contributed by atoms with Gasteiger partial charge in [0.05, 0.1) is 17.1 Å². The number of H-pyrrole nitrogens is 1. The molecule has 1 aromatic heterocycles. The molecule has 0 saturated carbocycles. The molecule has 1 unspecified atom stereocenters. The van der Waals surface area contributed by atoms with Crippen LogP contribution in [0.5, 0.6) is 0 Å². The van der Waals surface area contributed by atoms with Gasteiger partial charge < -0.3 is 25.8 Å². The van der Waals surface area contributed by atoms with Crippen molar-refractivity contribution in [2.45, 2.75) is 18.6 Å². The van der Waals surface area contributed by atoms with Crippen molar-refractivity contribution in [3.63, 3.8) is 0 Å². The minimum atomic E-state index is -1.91. The summed E-state index contributed by atoms with van der Waals surface area (Å²) in [5, 5.41) is 31.6. The number of hydrogen-bond donors (Lipinski definition) is 5. The van der Waals surface area contributed by atoms with Gasteiger partial charge in [-0.05, 0) is 59.4 Å². The van der Waals surface area contributed by atoms with E-state index in [0.29, 0.717) is 24.1 Å². The zero-order chi connectivity index (χ0) is 33.7. The quantitative estimate of drug-likeness (QED) is 0.135. The van der Waals surface area contributed by atoms with Crippen molar-refractivity contribution < 1.29 is 10.2 Å². The number of nitrogens with zero attached hydrogens (tertiary/aromatic N) is 1. The number of benzene rings is 4. The number of aromatic nitrogens is 1. The van der Waals surface area contributed by atoms with Crippen LogP contribution in [0, 0.1) is 0 Å². The highest BCUT2D eigenvalue weighted by Crippen LogP contribution is 2.44. The van der Waals surface area contributed by atoms with E-state index in [-0.39, 0.29) is 5.76 Å². The van der Waals surface area contributed by atoms with E-state index in [1.165, 1.54) is 0 Å². The lowest BCUT2D eigenvalue weighted by atomic mass is 9.91. The minimum Gasteiger partial charge on any atom is -0.507 e. The van der Waals surface area contributed by atoms with Crippen LogP contribution in [0.25, 0.3) is 22.3 Å². The van der Waals surface area contributed by atoms with Crippen LogP contribution in [-0.2, 0) is 0 Å². The fourth-order valence-corrected chi connectivity index (χ4v) is 7.52. The van der Waals surface area contributed by atoms with E-state index in [1.54, 1.807) is 6.08 Å². The predicted molar refractivity (Wildman–Crippen MR) is 200 cm³/mol. The van der Waals surface area contributed by atoms with Gasteiger partial charge in [0.1, 0.15) is 0 Å². The third-order valence-corrected chi connectivity index (χ3v) is 9.76. The molecular weight excluding hydrogens is 617 g/mol. The lowest BCUT2D eigenvalue weighted by Gasteiger charge is -2.30. The standard InChI is InChI=1S/C44H34N4O2/c49-39-27-38-42(30-17-9-3-10-18-30)36-24-23-33(46-36)40(28-13-5-1-6-14-28)32-21-22-34(45-32)41(29-15-7-2-8-16-29)35-25-26-37(47-35)43(44(39,50)48-38)31-19-11-4-12-20-31/h1-24,27,45,47-50H,25-26H2/b40-33-,41-35-,42-38-,43-37-. The summed E-state index contributed by atoms with van der Waals surface area (Å²) in [5.41, 5.74) is 11.2. The number of rotatable bonds is 4. The Balaban J connectivity index is 1.36. The zero-order valence-corrected chi connectivity index (χ0v) is 27.2. The number of aliphatic hydroxyl groups is 2. The van der Waals surface area contributed by atoms with Gasteiger partial charge in [-0.3, -0.25) is 0 Å². The van der Waals surface area contributed by atoms with Crippen LogP contribution < -0.4 is 10.6 Å². The lowest BCUT2D eigenvalue weighted by Crippen LogP contribution is -2.44. The summed E-state index contributed by atoms with van der Waals surface area (Å²) in [7, 11) is 0. The lowest BCUT2D eigenvalue weighted by molar-refractivity contribution is 0.0776. The van der Waals surface area contributed by atoms with Gasteiger partial charge in [-0.25, -0.2) is 4.99 Å². The Kier molecular flexibility index (Phi) is 7.11. The second-order valence-corrected chi connectivity index (χ2v) is 12.8.